The van der Waals surface area contributed by atoms with Gasteiger partial charge in [-0.25, -0.2) is 4.68 Å². The first-order valence-electron chi connectivity index (χ1n) is 8.57. The van der Waals surface area contributed by atoms with Crippen LogP contribution in [0.1, 0.15) is 32.1 Å². The summed E-state index contributed by atoms with van der Waals surface area (Å²) in [6.07, 6.45) is 9.48. The van der Waals surface area contributed by atoms with E-state index in [1.807, 2.05) is 24.4 Å². The van der Waals surface area contributed by atoms with E-state index < -0.39 is 0 Å². The van der Waals surface area contributed by atoms with E-state index in [1.165, 1.54) is 25.7 Å². The largest absolute Gasteiger partial charge is 0.325 e. The van der Waals surface area contributed by atoms with Crippen molar-refractivity contribution in [3.63, 3.8) is 0 Å². The monoisotopic (exact) mass is 380 g/mol. The standard InChI is InChI=1S/C18H21ClN4O.ClH/c19-14-11-13(6-7-17(14)23-9-3-8-20-23)21-18(24)16-10-12-4-1-2-5-15(12)22-16;/h3,6-9,11-12,15-16,22H,1-2,4-5,10H2,(H,21,24);1H. The highest BCUT2D eigenvalue weighted by atomic mass is 35.5. The number of aromatic nitrogens is 2. The van der Waals surface area contributed by atoms with E-state index in [2.05, 4.69) is 15.7 Å². The van der Waals surface area contributed by atoms with Crippen molar-refractivity contribution in [3.05, 3.63) is 41.7 Å². The van der Waals surface area contributed by atoms with Crippen molar-refractivity contribution in [3.8, 4) is 5.69 Å². The third-order valence-corrected chi connectivity index (χ3v) is 5.45. The van der Waals surface area contributed by atoms with Gasteiger partial charge in [-0.2, -0.15) is 5.10 Å². The molecule has 1 aromatic heterocycles. The molecular formula is C18H22Cl2N4O. The van der Waals surface area contributed by atoms with Crippen molar-refractivity contribution in [1.82, 2.24) is 15.1 Å². The molecule has 3 unspecified atom stereocenters. The van der Waals surface area contributed by atoms with Gasteiger partial charge in [-0.1, -0.05) is 24.4 Å². The van der Waals surface area contributed by atoms with E-state index in [0.717, 1.165) is 17.8 Å². The van der Waals surface area contributed by atoms with Gasteiger partial charge in [0.1, 0.15) is 0 Å². The minimum Gasteiger partial charge on any atom is -0.325 e. The molecule has 0 spiro atoms. The number of nitrogens with zero attached hydrogens (tertiary/aromatic N) is 2. The van der Waals surface area contributed by atoms with Crippen LogP contribution in [-0.4, -0.2) is 27.8 Å². The van der Waals surface area contributed by atoms with E-state index in [1.54, 1.807) is 16.9 Å². The van der Waals surface area contributed by atoms with Crippen LogP contribution in [0.5, 0.6) is 0 Å². The third kappa shape index (κ3) is 3.84. The van der Waals surface area contributed by atoms with Crippen LogP contribution >= 0.6 is 24.0 Å². The van der Waals surface area contributed by atoms with Crippen LogP contribution in [0.2, 0.25) is 5.02 Å². The van der Waals surface area contributed by atoms with Crippen molar-refractivity contribution in [2.45, 2.75) is 44.2 Å². The lowest BCUT2D eigenvalue weighted by Crippen LogP contribution is -2.39. The summed E-state index contributed by atoms with van der Waals surface area (Å²) in [5.74, 6) is 0.688. The molecule has 4 rings (SSSR count). The molecule has 2 aliphatic rings. The Kier molecular flexibility index (Phi) is 5.67. The van der Waals surface area contributed by atoms with Crippen LogP contribution in [0, 0.1) is 5.92 Å². The van der Waals surface area contributed by atoms with E-state index in [0.29, 0.717) is 17.0 Å². The van der Waals surface area contributed by atoms with E-state index in [9.17, 15) is 4.79 Å². The van der Waals surface area contributed by atoms with E-state index in [4.69, 9.17) is 11.6 Å². The Morgan fingerprint density at radius 3 is 2.88 bits per heavy atom. The SMILES string of the molecule is Cl.O=C(Nc1ccc(-n2cccn2)c(Cl)c1)C1CC2CCCCC2N1. The van der Waals surface area contributed by atoms with Crippen molar-refractivity contribution >= 4 is 35.6 Å². The Balaban J connectivity index is 0.00000182. The smallest absolute Gasteiger partial charge is 0.241 e. The normalized spacial score (nSPS) is 25.1. The average molecular weight is 381 g/mol. The molecule has 2 aromatic rings. The summed E-state index contributed by atoms with van der Waals surface area (Å²) in [5.41, 5.74) is 1.52. The highest BCUT2D eigenvalue weighted by Crippen LogP contribution is 2.33. The van der Waals surface area contributed by atoms with Gasteiger partial charge in [0, 0.05) is 24.1 Å². The first kappa shape index (κ1) is 18.2. The molecule has 5 nitrogen and oxygen atoms in total. The van der Waals surface area contributed by atoms with Crippen LogP contribution in [0.15, 0.2) is 36.7 Å². The summed E-state index contributed by atoms with van der Waals surface area (Å²) in [4.78, 5) is 12.5. The molecule has 1 saturated heterocycles. The Hall–Kier alpha value is -1.56. The minimum absolute atomic E-state index is 0. The number of fused-ring (bicyclic) bond motifs is 1. The summed E-state index contributed by atoms with van der Waals surface area (Å²) in [5, 5.41) is 11.2. The van der Waals surface area contributed by atoms with Crippen LogP contribution in [-0.2, 0) is 4.79 Å². The highest BCUT2D eigenvalue weighted by Gasteiger charge is 2.38. The van der Waals surface area contributed by atoms with Crippen molar-refractivity contribution in [2.24, 2.45) is 5.92 Å². The quantitative estimate of drug-likeness (QED) is 0.850. The number of carbonyl (C=O) groups excluding carboxylic acids is 1. The molecule has 1 amide bonds. The number of amides is 1. The Morgan fingerprint density at radius 2 is 2.16 bits per heavy atom. The van der Waals surface area contributed by atoms with Gasteiger partial charge in [-0.05, 0) is 49.4 Å². The molecule has 1 aliphatic carbocycles. The van der Waals surface area contributed by atoms with Gasteiger partial charge in [0.05, 0.1) is 16.8 Å². The number of halogens is 2. The average Bonchev–Trinajstić information content (AvgIpc) is 3.24. The Labute approximate surface area is 158 Å². The number of benzene rings is 1. The van der Waals surface area contributed by atoms with Gasteiger partial charge in [0.15, 0.2) is 0 Å². The number of anilines is 1. The lowest BCUT2D eigenvalue weighted by molar-refractivity contribution is -0.117. The summed E-state index contributed by atoms with van der Waals surface area (Å²) in [6.45, 7) is 0. The second-order valence-corrected chi connectivity index (χ2v) is 7.12. The zero-order chi connectivity index (χ0) is 16.5. The van der Waals surface area contributed by atoms with E-state index >= 15 is 0 Å². The van der Waals surface area contributed by atoms with Gasteiger partial charge < -0.3 is 10.6 Å². The molecule has 0 radical (unpaired) electrons. The van der Waals surface area contributed by atoms with Crippen LogP contribution in [0.4, 0.5) is 5.69 Å². The lowest BCUT2D eigenvalue weighted by atomic mass is 9.85. The summed E-state index contributed by atoms with van der Waals surface area (Å²) >= 11 is 6.34. The number of hydrogen-bond acceptors (Lipinski definition) is 3. The number of carbonyl (C=O) groups is 1. The zero-order valence-corrected chi connectivity index (χ0v) is 15.4. The maximum Gasteiger partial charge on any atom is 0.241 e. The molecule has 0 bridgehead atoms. The molecular weight excluding hydrogens is 359 g/mol. The lowest BCUT2D eigenvalue weighted by Gasteiger charge is -2.24. The third-order valence-electron chi connectivity index (χ3n) is 5.15. The molecule has 3 atom stereocenters. The van der Waals surface area contributed by atoms with Crippen molar-refractivity contribution < 1.29 is 4.79 Å². The second kappa shape index (κ2) is 7.77. The van der Waals surface area contributed by atoms with Crippen molar-refractivity contribution in [1.29, 1.82) is 0 Å². The number of nitrogens with one attached hydrogen (secondary N) is 2. The molecule has 2 fully saturated rings. The molecule has 25 heavy (non-hydrogen) atoms. The second-order valence-electron chi connectivity index (χ2n) is 6.71. The molecule has 7 heteroatoms. The zero-order valence-electron chi connectivity index (χ0n) is 13.8. The highest BCUT2D eigenvalue weighted by molar-refractivity contribution is 6.32. The fourth-order valence-corrected chi connectivity index (χ4v) is 4.20. The minimum atomic E-state index is -0.0948. The van der Waals surface area contributed by atoms with Gasteiger partial charge in [0.25, 0.3) is 0 Å². The van der Waals surface area contributed by atoms with Gasteiger partial charge >= 0.3 is 0 Å². The first-order valence-corrected chi connectivity index (χ1v) is 8.95. The topological polar surface area (TPSA) is 59.0 Å². The Morgan fingerprint density at radius 1 is 1.32 bits per heavy atom. The van der Waals surface area contributed by atoms with Gasteiger partial charge in [-0.15, -0.1) is 12.4 Å². The van der Waals surface area contributed by atoms with Crippen LogP contribution in [0.25, 0.3) is 5.69 Å². The number of rotatable bonds is 3. The summed E-state index contributed by atoms with van der Waals surface area (Å²) in [7, 11) is 0. The maximum absolute atomic E-state index is 12.5. The predicted molar refractivity (Wildman–Crippen MR) is 102 cm³/mol. The van der Waals surface area contributed by atoms with Gasteiger partial charge in [0.2, 0.25) is 5.91 Å². The molecule has 2 N–H and O–H groups in total. The molecule has 1 saturated carbocycles. The van der Waals surface area contributed by atoms with Crippen molar-refractivity contribution in [2.75, 3.05) is 5.32 Å². The molecule has 134 valence electrons. The Bertz CT molecular complexity index is 721. The predicted octanol–water partition coefficient (Wildman–Crippen LogP) is 3.81. The molecule has 1 aliphatic heterocycles. The summed E-state index contributed by atoms with van der Waals surface area (Å²) in [6, 6.07) is 7.77. The summed E-state index contributed by atoms with van der Waals surface area (Å²) < 4.78 is 1.71. The maximum atomic E-state index is 12.5. The van der Waals surface area contributed by atoms with E-state index in [-0.39, 0.29) is 24.4 Å². The molecule has 2 heterocycles. The van der Waals surface area contributed by atoms with Crippen LogP contribution in [0.3, 0.4) is 0 Å². The first-order chi connectivity index (χ1) is 11.7. The van der Waals surface area contributed by atoms with Gasteiger partial charge in [-0.3, -0.25) is 4.79 Å². The fraction of sp³-hybridized carbons (Fsp3) is 0.444. The van der Waals surface area contributed by atoms with Crippen LogP contribution < -0.4 is 10.6 Å². The fourth-order valence-electron chi connectivity index (χ4n) is 3.93. The number of hydrogen-bond donors (Lipinski definition) is 2. The molecule has 1 aromatic carbocycles.